The van der Waals surface area contributed by atoms with E-state index in [-0.39, 0.29) is 0 Å². The van der Waals surface area contributed by atoms with E-state index in [0.29, 0.717) is 0 Å². The fourth-order valence-corrected chi connectivity index (χ4v) is 2.73. The van der Waals surface area contributed by atoms with Gasteiger partial charge in [-0.3, -0.25) is 0 Å². The lowest BCUT2D eigenvalue weighted by atomic mass is 10.1. The summed E-state index contributed by atoms with van der Waals surface area (Å²) in [6, 6.07) is 0. The van der Waals surface area contributed by atoms with Gasteiger partial charge >= 0.3 is 0 Å². The number of aromatic nitrogens is 3. The quantitative estimate of drug-likeness (QED) is 0.744. The van der Waals surface area contributed by atoms with Gasteiger partial charge in [0.1, 0.15) is 18.0 Å². The Balaban J connectivity index is 2.02. The van der Waals surface area contributed by atoms with Crippen LogP contribution in [0.1, 0.15) is 37.3 Å². The zero-order valence-corrected chi connectivity index (χ0v) is 13.5. The number of anilines is 2. The van der Waals surface area contributed by atoms with Crippen molar-refractivity contribution < 1.29 is 0 Å². The van der Waals surface area contributed by atoms with E-state index in [1.54, 1.807) is 17.7 Å². The summed E-state index contributed by atoms with van der Waals surface area (Å²) in [6.07, 6.45) is 7.54. The van der Waals surface area contributed by atoms with Gasteiger partial charge in [0.15, 0.2) is 0 Å². The number of hydrogen-bond donors (Lipinski definition) is 2. The largest absolute Gasteiger partial charge is 0.370 e. The minimum atomic E-state index is 0.842. The molecular formula is C15H23N5S. The van der Waals surface area contributed by atoms with Gasteiger partial charge in [0.25, 0.3) is 0 Å². The number of nitrogens with zero attached hydrogens (tertiary/aromatic N) is 3. The Morgan fingerprint density at radius 2 is 1.71 bits per heavy atom. The van der Waals surface area contributed by atoms with Crippen molar-refractivity contribution in [1.29, 1.82) is 0 Å². The van der Waals surface area contributed by atoms with Crippen LogP contribution in [0.5, 0.6) is 0 Å². The molecule has 0 aliphatic carbocycles. The van der Waals surface area contributed by atoms with Crippen LogP contribution >= 0.6 is 11.3 Å². The summed E-state index contributed by atoms with van der Waals surface area (Å²) in [4.78, 5) is 13.1. The molecule has 0 aliphatic heterocycles. The van der Waals surface area contributed by atoms with Gasteiger partial charge in [-0.2, -0.15) is 0 Å². The second-order valence-corrected chi connectivity index (χ2v) is 5.81. The Bertz CT molecular complexity index is 527. The van der Waals surface area contributed by atoms with Crippen molar-refractivity contribution in [3.63, 3.8) is 0 Å². The second kappa shape index (κ2) is 8.56. The normalized spacial score (nSPS) is 10.6. The molecule has 0 atom stereocenters. The standard InChI is InChI=1S/C15H23N5S/c1-3-5-12-14(17-7-4-2)19-11-20-15(12)18-8-6-13-16-9-10-21-13/h9-11H,3-8H2,1-2H3,(H2,17,18,19,20). The fraction of sp³-hybridized carbons (Fsp3) is 0.533. The first kappa shape index (κ1) is 15.7. The maximum atomic E-state index is 4.41. The van der Waals surface area contributed by atoms with E-state index in [0.717, 1.165) is 55.4 Å². The predicted octanol–water partition coefficient (Wildman–Crippen LogP) is 3.36. The van der Waals surface area contributed by atoms with Crippen LogP contribution < -0.4 is 10.6 Å². The number of thiazole rings is 1. The third-order valence-electron chi connectivity index (χ3n) is 3.10. The molecule has 0 unspecified atom stereocenters. The Labute approximate surface area is 130 Å². The zero-order valence-electron chi connectivity index (χ0n) is 12.7. The van der Waals surface area contributed by atoms with Gasteiger partial charge in [-0.05, 0) is 12.8 Å². The van der Waals surface area contributed by atoms with Crippen molar-refractivity contribution in [3.8, 4) is 0 Å². The lowest BCUT2D eigenvalue weighted by Crippen LogP contribution is -2.12. The molecule has 2 rings (SSSR count). The molecular weight excluding hydrogens is 282 g/mol. The van der Waals surface area contributed by atoms with Crippen LogP contribution in [-0.2, 0) is 12.8 Å². The maximum absolute atomic E-state index is 4.41. The van der Waals surface area contributed by atoms with Crippen molar-refractivity contribution in [2.75, 3.05) is 23.7 Å². The molecule has 2 N–H and O–H groups in total. The summed E-state index contributed by atoms with van der Waals surface area (Å²) in [5, 5.41) is 9.98. The first-order valence-corrected chi connectivity index (χ1v) is 8.43. The molecule has 2 heterocycles. The van der Waals surface area contributed by atoms with Crippen molar-refractivity contribution in [2.24, 2.45) is 0 Å². The zero-order chi connectivity index (χ0) is 14.9. The van der Waals surface area contributed by atoms with Gasteiger partial charge in [0.05, 0.1) is 5.01 Å². The molecule has 2 aromatic rings. The van der Waals surface area contributed by atoms with Crippen molar-refractivity contribution in [2.45, 2.75) is 39.5 Å². The van der Waals surface area contributed by atoms with E-state index in [1.807, 2.05) is 11.6 Å². The molecule has 114 valence electrons. The van der Waals surface area contributed by atoms with E-state index in [2.05, 4.69) is 39.4 Å². The first-order chi connectivity index (χ1) is 10.3. The molecule has 0 saturated carbocycles. The molecule has 0 radical (unpaired) electrons. The molecule has 0 bridgehead atoms. The molecule has 21 heavy (non-hydrogen) atoms. The van der Waals surface area contributed by atoms with Crippen LogP contribution in [0.25, 0.3) is 0 Å². The van der Waals surface area contributed by atoms with Gasteiger partial charge in [0.2, 0.25) is 0 Å². The van der Waals surface area contributed by atoms with Crippen molar-refractivity contribution >= 4 is 23.0 Å². The van der Waals surface area contributed by atoms with Gasteiger partial charge in [0, 0.05) is 36.7 Å². The Kier molecular flexibility index (Phi) is 6.40. The predicted molar refractivity (Wildman–Crippen MR) is 89.1 cm³/mol. The first-order valence-electron chi connectivity index (χ1n) is 7.55. The van der Waals surface area contributed by atoms with E-state index >= 15 is 0 Å². The third-order valence-corrected chi connectivity index (χ3v) is 3.94. The topological polar surface area (TPSA) is 62.7 Å². The van der Waals surface area contributed by atoms with Crippen LogP contribution in [-0.4, -0.2) is 28.0 Å². The van der Waals surface area contributed by atoms with Crippen molar-refractivity contribution in [3.05, 3.63) is 28.5 Å². The van der Waals surface area contributed by atoms with Crippen LogP contribution in [0.2, 0.25) is 0 Å². The van der Waals surface area contributed by atoms with Gasteiger partial charge in [-0.15, -0.1) is 11.3 Å². The van der Waals surface area contributed by atoms with Gasteiger partial charge < -0.3 is 10.6 Å². The monoisotopic (exact) mass is 305 g/mol. The highest BCUT2D eigenvalue weighted by Gasteiger charge is 2.10. The minimum Gasteiger partial charge on any atom is -0.370 e. The Morgan fingerprint density at radius 1 is 0.952 bits per heavy atom. The Morgan fingerprint density at radius 3 is 2.33 bits per heavy atom. The molecule has 6 heteroatoms. The highest BCUT2D eigenvalue weighted by Crippen LogP contribution is 2.21. The number of nitrogens with one attached hydrogen (secondary N) is 2. The Hall–Kier alpha value is -1.69. The van der Waals surface area contributed by atoms with Crippen LogP contribution in [0.15, 0.2) is 17.9 Å². The lowest BCUT2D eigenvalue weighted by Gasteiger charge is -2.14. The molecule has 5 nitrogen and oxygen atoms in total. The van der Waals surface area contributed by atoms with Gasteiger partial charge in [-0.25, -0.2) is 15.0 Å². The number of hydrogen-bond acceptors (Lipinski definition) is 6. The molecule has 0 aromatic carbocycles. The summed E-state index contributed by atoms with van der Waals surface area (Å²) in [6.45, 7) is 6.11. The highest BCUT2D eigenvalue weighted by atomic mass is 32.1. The molecule has 0 fully saturated rings. The average Bonchev–Trinajstić information content (AvgIpc) is 3.01. The smallest absolute Gasteiger partial charge is 0.134 e. The van der Waals surface area contributed by atoms with Crippen LogP contribution in [0.4, 0.5) is 11.6 Å². The van der Waals surface area contributed by atoms with E-state index < -0.39 is 0 Å². The average molecular weight is 305 g/mol. The molecule has 0 amide bonds. The summed E-state index contributed by atoms with van der Waals surface area (Å²) >= 11 is 1.69. The fourth-order valence-electron chi connectivity index (χ4n) is 2.11. The molecule has 0 aliphatic rings. The number of rotatable bonds is 9. The second-order valence-electron chi connectivity index (χ2n) is 4.83. The van der Waals surface area contributed by atoms with Crippen LogP contribution in [0.3, 0.4) is 0 Å². The van der Waals surface area contributed by atoms with E-state index in [1.165, 1.54) is 5.56 Å². The summed E-state index contributed by atoms with van der Waals surface area (Å²) in [5.41, 5.74) is 1.19. The highest BCUT2D eigenvalue weighted by molar-refractivity contribution is 7.09. The lowest BCUT2D eigenvalue weighted by molar-refractivity contribution is 0.882. The molecule has 2 aromatic heterocycles. The SMILES string of the molecule is CCCNc1ncnc(NCCc2nccs2)c1CCC. The maximum Gasteiger partial charge on any atom is 0.134 e. The van der Waals surface area contributed by atoms with Gasteiger partial charge in [-0.1, -0.05) is 20.3 Å². The minimum absolute atomic E-state index is 0.842. The van der Waals surface area contributed by atoms with E-state index in [4.69, 9.17) is 0 Å². The molecule has 0 spiro atoms. The molecule has 0 saturated heterocycles. The van der Waals surface area contributed by atoms with Crippen molar-refractivity contribution in [1.82, 2.24) is 15.0 Å². The van der Waals surface area contributed by atoms with E-state index in [9.17, 15) is 0 Å². The summed E-state index contributed by atoms with van der Waals surface area (Å²) in [5.74, 6) is 1.91. The summed E-state index contributed by atoms with van der Waals surface area (Å²) < 4.78 is 0. The third kappa shape index (κ3) is 4.67. The van der Waals surface area contributed by atoms with Crippen LogP contribution in [0, 0.1) is 0 Å². The summed E-state index contributed by atoms with van der Waals surface area (Å²) in [7, 11) is 0.